The van der Waals surface area contributed by atoms with Crippen LogP contribution in [0.25, 0.3) is 11.2 Å². The molecule has 2 aromatic heterocycles. The number of unbranched alkanes of at least 4 members (excludes halogenated alkanes) is 1. The maximum absolute atomic E-state index is 12.5. The van der Waals surface area contributed by atoms with Gasteiger partial charge in [0.05, 0.1) is 13.7 Å². The highest BCUT2D eigenvalue weighted by Gasteiger charge is 2.23. The normalized spacial score (nSPS) is 12.9. The lowest BCUT2D eigenvalue weighted by atomic mass is 10.1. The van der Waals surface area contributed by atoms with Crippen LogP contribution < -0.4 is 25.8 Å². The van der Waals surface area contributed by atoms with Crippen LogP contribution in [0.4, 0.5) is 17.5 Å². The SMILES string of the molecule is COC(=O)[C@H](CCCCN)Nc1ncnc2c1nc(Nc1ccc3c(c1)OCO3)n2Cc1ccc(C)cc1. The Morgan fingerprint density at radius 3 is 2.74 bits per heavy atom. The van der Waals surface area contributed by atoms with Crippen molar-refractivity contribution in [2.45, 2.75) is 38.8 Å². The zero-order valence-electron chi connectivity index (χ0n) is 21.4. The Balaban J connectivity index is 1.52. The monoisotopic (exact) mass is 517 g/mol. The number of methoxy groups -OCH3 is 1. The number of rotatable bonds is 11. The molecule has 1 atom stereocenters. The minimum Gasteiger partial charge on any atom is -0.467 e. The number of hydrogen-bond acceptors (Lipinski definition) is 10. The molecule has 0 amide bonds. The fourth-order valence-electron chi connectivity index (χ4n) is 4.32. The molecule has 0 bridgehead atoms. The van der Waals surface area contributed by atoms with Crippen molar-refractivity contribution in [2.75, 3.05) is 31.1 Å². The Kier molecular flexibility index (Phi) is 7.55. The van der Waals surface area contributed by atoms with Crippen LogP contribution in [0.5, 0.6) is 11.5 Å². The largest absolute Gasteiger partial charge is 0.467 e. The number of nitrogens with one attached hydrogen (secondary N) is 2. The summed E-state index contributed by atoms with van der Waals surface area (Å²) < 4.78 is 18.0. The van der Waals surface area contributed by atoms with Crippen molar-refractivity contribution in [1.29, 1.82) is 0 Å². The predicted molar refractivity (Wildman–Crippen MR) is 144 cm³/mol. The number of hydrogen-bond donors (Lipinski definition) is 3. The number of anilines is 3. The zero-order valence-corrected chi connectivity index (χ0v) is 21.4. The van der Waals surface area contributed by atoms with Gasteiger partial charge in [-0.05, 0) is 50.4 Å². The van der Waals surface area contributed by atoms with E-state index < -0.39 is 6.04 Å². The molecule has 1 aliphatic heterocycles. The van der Waals surface area contributed by atoms with Gasteiger partial charge in [0.25, 0.3) is 0 Å². The molecule has 5 rings (SSSR count). The molecule has 0 fully saturated rings. The van der Waals surface area contributed by atoms with E-state index in [0.29, 0.717) is 53.9 Å². The minimum absolute atomic E-state index is 0.196. The predicted octanol–water partition coefficient (Wildman–Crippen LogP) is 3.74. The average Bonchev–Trinajstić information content (AvgIpc) is 3.54. The van der Waals surface area contributed by atoms with Gasteiger partial charge >= 0.3 is 5.97 Å². The van der Waals surface area contributed by atoms with Gasteiger partial charge in [-0.15, -0.1) is 0 Å². The summed E-state index contributed by atoms with van der Waals surface area (Å²) in [6, 6.07) is 13.3. The molecule has 0 aliphatic carbocycles. The number of aromatic nitrogens is 4. The zero-order chi connectivity index (χ0) is 26.5. The lowest BCUT2D eigenvalue weighted by Crippen LogP contribution is -2.31. The molecule has 0 saturated heterocycles. The van der Waals surface area contributed by atoms with Crippen LogP contribution in [0.1, 0.15) is 30.4 Å². The second kappa shape index (κ2) is 11.3. The Labute approximate surface area is 220 Å². The van der Waals surface area contributed by atoms with Crippen molar-refractivity contribution in [1.82, 2.24) is 19.5 Å². The van der Waals surface area contributed by atoms with Crippen LogP contribution in [0.15, 0.2) is 48.8 Å². The van der Waals surface area contributed by atoms with E-state index in [1.165, 1.54) is 19.0 Å². The van der Waals surface area contributed by atoms with E-state index in [1.807, 2.05) is 22.8 Å². The first-order valence-corrected chi connectivity index (χ1v) is 12.5. The highest BCUT2D eigenvalue weighted by molar-refractivity contribution is 5.88. The summed E-state index contributed by atoms with van der Waals surface area (Å²) in [6.07, 6.45) is 3.61. The van der Waals surface area contributed by atoms with Crippen LogP contribution in [0, 0.1) is 6.92 Å². The molecule has 198 valence electrons. The fourth-order valence-corrected chi connectivity index (χ4v) is 4.32. The summed E-state index contributed by atoms with van der Waals surface area (Å²) in [5.41, 5.74) is 9.86. The van der Waals surface area contributed by atoms with Crippen molar-refractivity contribution < 1.29 is 19.0 Å². The van der Waals surface area contributed by atoms with Crippen LogP contribution >= 0.6 is 0 Å². The first-order chi connectivity index (χ1) is 18.6. The van der Waals surface area contributed by atoms with Crippen LogP contribution in [0.3, 0.4) is 0 Å². The van der Waals surface area contributed by atoms with E-state index in [2.05, 4.69) is 51.8 Å². The fraction of sp³-hybridized carbons (Fsp3) is 0.333. The quantitative estimate of drug-likeness (QED) is 0.199. The molecule has 1 aliphatic rings. The Hall–Kier alpha value is -4.38. The maximum atomic E-state index is 12.5. The third kappa shape index (κ3) is 5.47. The number of esters is 1. The summed E-state index contributed by atoms with van der Waals surface area (Å²) in [4.78, 5) is 26.4. The summed E-state index contributed by atoms with van der Waals surface area (Å²) in [5.74, 6) is 2.02. The van der Waals surface area contributed by atoms with Crippen molar-refractivity contribution in [3.05, 3.63) is 59.9 Å². The number of carbonyl (C=O) groups is 1. The molecule has 4 N–H and O–H groups in total. The molecule has 38 heavy (non-hydrogen) atoms. The molecule has 0 spiro atoms. The van der Waals surface area contributed by atoms with Crippen molar-refractivity contribution in [2.24, 2.45) is 5.73 Å². The number of aryl methyl sites for hydroxylation is 1. The van der Waals surface area contributed by atoms with Crippen LogP contribution in [-0.2, 0) is 16.1 Å². The van der Waals surface area contributed by atoms with E-state index in [-0.39, 0.29) is 12.8 Å². The van der Waals surface area contributed by atoms with Gasteiger partial charge in [0.1, 0.15) is 12.4 Å². The molecule has 11 nitrogen and oxygen atoms in total. The first-order valence-electron chi connectivity index (χ1n) is 12.5. The van der Waals surface area contributed by atoms with E-state index in [9.17, 15) is 4.79 Å². The average molecular weight is 518 g/mol. The number of nitrogens with two attached hydrogens (primary N) is 1. The molecule has 0 radical (unpaired) electrons. The van der Waals surface area contributed by atoms with E-state index >= 15 is 0 Å². The standard InChI is InChI=1S/C27H31N7O4/c1-17-6-8-18(9-7-17)14-34-25-23(33-27(34)31-19-10-11-21-22(13-19)38-16-37-21)24(29-15-30-25)32-20(26(35)36-2)5-3-4-12-28/h6-11,13,15,20H,3-5,12,14,16,28H2,1-2H3,(H,31,33)(H,29,30,32)/t20-/m0/s1. The minimum atomic E-state index is -0.586. The molecular formula is C27H31N7O4. The van der Waals surface area contributed by atoms with Crippen LogP contribution in [-0.4, -0.2) is 52.0 Å². The smallest absolute Gasteiger partial charge is 0.328 e. The third-order valence-corrected chi connectivity index (χ3v) is 6.37. The summed E-state index contributed by atoms with van der Waals surface area (Å²) >= 11 is 0. The molecule has 0 saturated carbocycles. The summed E-state index contributed by atoms with van der Waals surface area (Å²) in [6.45, 7) is 3.34. The molecule has 0 unspecified atom stereocenters. The van der Waals surface area contributed by atoms with Gasteiger partial charge in [0.2, 0.25) is 12.7 Å². The van der Waals surface area contributed by atoms with Gasteiger partial charge in [-0.1, -0.05) is 29.8 Å². The lowest BCUT2D eigenvalue weighted by molar-refractivity contribution is -0.141. The first kappa shape index (κ1) is 25.3. The Morgan fingerprint density at radius 2 is 1.95 bits per heavy atom. The van der Waals surface area contributed by atoms with Crippen molar-refractivity contribution in [3.8, 4) is 11.5 Å². The third-order valence-electron chi connectivity index (χ3n) is 6.37. The van der Waals surface area contributed by atoms with Gasteiger partial charge in [-0.2, -0.15) is 0 Å². The Bertz CT molecular complexity index is 1420. The molecule has 3 heterocycles. The molecule has 4 aromatic rings. The summed E-state index contributed by atoms with van der Waals surface area (Å²) in [5, 5.41) is 6.63. The second-order valence-corrected chi connectivity index (χ2v) is 9.10. The highest BCUT2D eigenvalue weighted by Crippen LogP contribution is 2.35. The van der Waals surface area contributed by atoms with Gasteiger partial charge in [0.15, 0.2) is 28.5 Å². The molecule has 11 heteroatoms. The van der Waals surface area contributed by atoms with Gasteiger partial charge in [-0.25, -0.2) is 19.7 Å². The number of imidazole rings is 1. The van der Waals surface area contributed by atoms with E-state index in [1.54, 1.807) is 0 Å². The number of carbonyl (C=O) groups excluding carboxylic acids is 1. The van der Waals surface area contributed by atoms with Gasteiger partial charge in [-0.3, -0.25) is 4.57 Å². The van der Waals surface area contributed by atoms with Crippen LogP contribution in [0.2, 0.25) is 0 Å². The highest BCUT2D eigenvalue weighted by atomic mass is 16.7. The topological polar surface area (TPSA) is 138 Å². The van der Waals surface area contributed by atoms with Crippen molar-refractivity contribution >= 4 is 34.6 Å². The number of ether oxygens (including phenoxy) is 3. The maximum Gasteiger partial charge on any atom is 0.328 e. The molecule has 2 aromatic carbocycles. The lowest BCUT2D eigenvalue weighted by Gasteiger charge is -2.17. The van der Waals surface area contributed by atoms with E-state index in [0.717, 1.165) is 24.1 Å². The van der Waals surface area contributed by atoms with Gasteiger partial charge < -0.3 is 30.6 Å². The second-order valence-electron chi connectivity index (χ2n) is 9.10. The van der Waals surface area contributed by atoms with Gasteiger partial charge in [0, 0.05) is 11.8 Å². The number of nitrogens with zero attached hydrogens (tertiary/aromatic N) is 4. The van der Waals surface area contributed by atoms with Crippen molar-refractivity contribution in [3.63, 3.8) is 0 Å². The molecular weight excluding hydrogens is 486 g/mol. The Morgan fingerprint density at radius 1 is 1.13 bits per heavy atom. The number of benzene rings is 2. The number of fused-ring (bicyclic) bond motifs is 2. The van der Waals surface area contributed by atoms with E-state index in [4.69, 9.17) is 24.9 Å². The summed E-state index contributed by atoms with van der Waals surface area (Å²) in [7, 11) is 1.37.